The maximum Gasteiger partial charge on any atom is 0.115 e. The molecule has 0 aromatic carbocycles. The van der Waals surface area contributed by atoms with E-state index in [9.17, 15) is 5.11 Å². The van der Waals surface area contributed by atoms with Crippen molar-refractivity contribution in [3.05, 3.63) is 16.4 Å². The number of rotatable bonds is 8. The lowest BCUT2D eigenvalue weighted by Gasteiger charge is -2.45. The molecular formula is C15H28BrN3O. The van der Waals surface area contributed by atoms with Gasteiger partial charge in [0, 0.05) is 6.54 Å². The third-order valence-corrected chi connectivity index (χ3v) is 5.13. The van der Waals surface area contributed by atoms with Crippen LogP contribution < -0.4 is 0 Å². The Bertz CT molecular complexity index is 411. The molecule has 0 radical (unpaired) electrons. The third kappa shape index (κ3) is 2.95. The summed E-state index contributed by atoms with van der Waals surface area (Å²) in [6, 6.07) is 0. The summed E-state index contributed by atoms with van der Waals surface area (Å²) in [7, 11) is 0. The van der Waals surface area contributed by atoms with Gasteiger partial charge in [0.15, 0.2) is 0 Å². The summed E-state index contributed by atoms with van der Waals surface area (Å²) >= 11 is 3.54. The summed E-state index contributed by atoms with van der Waals surface area (Å²) in [4.78, 5) is 2.37. The first-order valence-corrected chi connectivity index (χ1v) is 8.45. The first-order valence-electron chi connectivity index (χ1n) is 7.66. The lowest BCUT2D eigenvalue weighted by atomic mass is 9.82. The summed E-state index contributed by atoms with van der Waals surface area (Å²) in [5.74, 6) is 0. The van der Waals surface area contributed by atoms with E-state index in [1.807, 2.05) is 11.6 Å². The number of hydrogen-bond donors (Lipinski definition) is 1. The number of aromatic nitrogens is 2. The number of aryl methyl sites for hydroxylation is 1. The number of aliphatic hydroxyl groups is 1. The second kappa shape index (κ2) is 7.57. The fourth-order valence-electron chi connectivity index (χ4n) is 3.26. The van der Waals surface area contributed by atoms with Gasteiger partial charge in [0.2, 0.25) is 0 Å². The van der Waals surface area contributed by atoms with Crippen molar-refractivity contribution >= 4 is 15.9 Å². The molecule has 0 bridgehead atoms. The Balaban J connectivity index is 3.30. The van der Waals surface area contributed by atoms with E-state index in [1.165, 1.54) is 0 Å². The number of aliphatic hydroxyl groups excluding tert-OH is 1. The monoisotopic (exact) mass is 345 g/mol. The van der Waals surface area contributed by atoms with E-state index in [2.05, 4.69) is 53.6 Å². The molecule has 20 heavy (non-hydrogen) atoms. The molecule has 0 aliphatic rings. The van der Waals surface area contributed by atoms with Gasteiger partial charge in [-0.05, 0) is 48.8 Å². The zero-order valence-electron chi connectivity index (χ0n) is 13.4. The lowest BCUT2D eigenvalue weighted by Crippen LogP contribution is -2.52. The highest BCUT2D eigenvalue weighted by molar-refractivity contribution is 9.10. The van der Waals surface area contributed by atoms with Crippen LogP contribution >= 0.6 is 15.9 Å². The molecule has 1 rings (SSSR count). The molecule has 1 aromatic heterocycles. The quantitative estimate of drug-likeness (QED) is 0.782. The number of halogens is 1. The molecule has 1 atom stereocenters. The highest BCUT2D eigenvalue weighted by Gasteiger charge is 2.42. The molecule has 116 valence electrons. The highest BCUT2D eigenvalue weighted by atomic mass is 79.9. The van der Waals surface area contributed by atoms with Gasteiger partial charge in [0.25, 0.3) is 0 Å². The fourth-order valence-corrected chi connectivity index (χ4v) is 3.77. The minimum absolute atomic E-state index is 0.237. The van der Waals surface area contributed by atoms with Gasteiger partial charge < -0.3 is 5.11 Å². The van der Waals surface area contributed by atoms with Gasteiger partial charge in [-0.25, -0.2) is 0 Å². The van der Waals surface area contributed by atoms with Crippen LogP contribution in [0.3, 0.4) is 0 Å². The molecule has 5 heteroatoms. The molecule has 1 heterocycles. The molecule has 0 spiro atoms. The molecule has 1 unspecified atom stereocenters. The predicted molar refractivity (Wildman–Crippen MR) is 86.8 cm³/mol. The maximum absolute atomic E-state index is 11.1. The van der Waals surface area contributed by atoms with Crippen LogP contribution in [0.2, 0.25) is 0 Å². The zero-order chi connectivity index (χ0) is 15.3. The van der Waals surface area contributed by atoms with Crippen molar-refractivity contribution in [3.63, 3.8) is 0 Å². The smallest absolute Gasteiger partial charge is 0.115 e. The molecule has 0 fully saturated rings. The lowest BCUT2D eigenvalue weighted by molar-refractivity contribution is -0.0411. The second-order valence-corrected chi connectivity index (χ2v) is 5.93. The topological polar surface area (TPSA) is 41.3 Å². The van der Waals surface area contributed by atoms with E-state index in [0.717, 1.165) is 42.6 Å². The molecule has 0 aliphatic carbocycles. The SMILES string of the molecule is CCN(CC)C(CC)(CC)C(O)c1c(Br)cnn1CC. The number of likely N-dealkylation sites (N-methyl/N-ethyl adjacent to an activating group) is 1. The Hall–Kier alpha value is -0.390. The van der Waals surface area contributed by atoms with Crippen LogP contribution in [0.1, 0.15) is 59.3 Å². The van der Waals surface area contributed by atoms with Gasteiger partial charge in [-0.15, -0.1) is 0 Å². The van der Waals surface area contributed by atoms with Crippen LogP contribution in [0.15, 0.2) is 10.7 Å². The van der Waals surface area contributed by atoms with Crippen molar-refractivity contribution in [1.82, 2.24) is 14.7 Å². The highest BCUT2D eigenvalue weighted by Crippen LogP contribution is 2.39. The summed E-state index contributed by atoms with van der Waals surface area (Å²) in [5.41, 5.74) is 0.655. The molecular weight excluding hydrogens is 318 g/mol. The molecule has 0 saturated heterocycles. The van der Waals surface area contributed by atoms with Crippen LogP contribution in [-0.4, -0.2) is 38.4 Å². The Morgan fingerprint density at radius 2 is 1.80 bits per heavy atom. The van der Waals surface area contributed by atoms with Crippen LogP contribution in [0.25, 0.3) is 0 Å². The Morgan fingerprint density at radius 1 is 1.25 bits per heavy atom. The van der Waals surface area contributed by atoms with Crippen molar-refractivity contribution in [2.45, 2.75) is 65.6 Å². The van der Waals surface area contributed by atoms with Gasteiger partial charge in [-0.2, -0.15) is 5.10 Å². The van der Waals surface area contributed by atoms with E-state index in [1.54, 1.807) is 6.20 Å². The average Bonchev–Trinajstić information content (AvgIpc) is 2.85. The predicted octanol–water partition coefficient (Wildman–Crippen LogP) is 3.60. The maximum atomic E-state index is 11.1. The summed E-state index contributed by atoms with van der Waals surface area (Å²) in [5, 5.41) is 15.5. The molecule has 1 N–H and O–H groups in total. The molecule has 4 nitrogen and oxygen atoms in total. The van der Waals surface area contributed by atoms with E-state index < -0.39 is 6.10 Å². The summed E-state index contributed by atoms with van der Waals surface area (Å²) in [6.45, 7) is 13.3. The van der Waals surface area contributed by atoms with Crippen molar-refractivity contribution in [1.29, 1.82) is 0 Å². The largest absolute Gasteiger partial charge is 0.385 e. The van der Waals surface area contributed by atoms with E-state index >= 15 is 0 Å². The minimum Gasteiger partial charge on any atom is -0.385 e. The Labute approximate surface area is 131 Å². The second-order valence-electron chi connectivity index (χ2n) is 5.08. The molecule has 1 aromatic rings. The first-order chi connectivity index (χ1) is 9.52. The van der Waals surface area contributed by atoms with Crippen molar-refractivity contribution in [2.24, 2.45) is 0 Å². The third-order valence-electron chi connectivity index (χ3n) is 4.52. The summed E-state index contributed by atoms with van der Waals surface area (Å²) in [6.07, 6.45) is 3.05. The first kappa shape index (κ1) is 17.7. The van der Waals surface area contributed by atoms with Gasteiger partial charge in [-0.3, -0.25) is 9.58 Å². The number of nitrogens with zero attached hydrogens (tertiary/aromatic N) is 3. The molecule has 0 saturated carbocycles. The standard InChI is InChI=1S/C15H28BrN3O/c1-6-15(7-2,18(8-3)9-4)14(20)13-12(16)11-17-19(13)10-5/h11,14,20H,6-10H2,1-5H3. The van der Waals surface area contributed by atoms with Gasteiger partial charge >= 0.3 is 0 Å². The van der Waals surface area contributed by atoms with Crippen molar-refractivity contribution in [3.8, 4) is 0 Å². The van der Waals surface area contributed by atoms with E-state index in [-0.39, 0.29) is 5.54 Å². The van der Waals surface area contributed by atoms with Crippen LogP contribution in [0.5, 0.6) is 0 Å². The Morgan fingerprint density at radius 3 is 2.20 bits per heavy atom. The number of hydrogen-bond acceptors (Lipinski definition) is 3. The van der Waals surface area contributed by atoms with Gasteiger partial charge in [0.1, 0.15) is 6.10 Å². The molecule has 0 aliphatic heterocycles. The van der Waals surface area contributed by atoms with E-state index in [4.69, 9.17) is 0 Å². The van der Waals surface area contributed by atoms with Crippen molar-refractivity contribution in [2.75, 3.05) is 13.1 Å². The van der Waals surface area contributed by atoms with Crippen LogP contribution in [-0.2, 0) is 6.54 Å². The summed E-state index contributed by atoms with van der Waals surface area (Å²) < 4.78 is 2.78. The van der Waals surface area contributed by atoms with Gasteiger partial charge in [-0.1, -0.05) is 27.7 Å². The molecule has 0 amide bonds. The minimum atomic E-state index is -0.547. The Kier molecular flexibility index (Phi) is 6.69. The van der Waals surface area contributed by atoms with Gasteiger partial charge in [0.05, 0.1) is 21.9 Å². The fraction of sp³-hybridized carbons (Fsp3) is 0.800. The van der Waals surface area contributed by atoms with Crippen LogP contribution in [0, 0.1) is 0 Å². The average molecular weight is 346 g/mol. The zero-order valence-corrected chi connectivity index (χ0v) is 14.9. The normalized spacial score (nSPS) is 14.0. The van der Waals surface area contributed by atoms with Crippen LogP contribution in [0.4, 0.5) is 0 Å². The van der Waals surface area contributed by atoms with Crippen molar-refractivity contribution < 1.29 is 5.11 Å². The van der Waals surface area contributed by atoms with E-state index in [0.29, 0.717) is 0 Å².